The number of sulfonamides is 1. The fourth-order valence-electron chi connectivity index (χ4n) is 1.45. The van der Waals surface area contributed by atoms with E-state index in [4.69, 9.17) is 10.5 Å². The SMILES string of the molecule is COc1cc(N)ccc1NS(=O)(=O)CCC(C)(C)C. The topological polar surface area (TPSA) is 81.4 Å². The van der Waals surface area contributed by atoms with Crippen LogP contribution in [0.5, 0.6) is 5.75 Å². The number of anilines is 2. The van der Waals surface area contributed by atoms with Gasteiger partial charge in [-0.15, -0.1) is 0 Å². The Labute approximate surface area is 115 Å². The molecule has 19 heavy (non-hydrogen) atoms. The molecule has 108 valence electrons. The fraction of sp³-hybridized carbons (Fsp3) is 0.538. The number of hydrogen-bond acceptors (Lipinski definition) is 4. The Morgan fingerprint density at radius 3 is 2.47 bits per heavy atom. The first-order valence-electron chi connectivity index (χ1n) is 6.07. The van der Waals surface area contributed by atoms with Gasteiger partial charge in [0, 0.05) is 11.8 Å². The first-order valence-corrected chi connectivity index (χ1v) is 7.72. The van der Waals surface area contributed by atoms with E-state index in [9.17, 15) is 8.42 Å². The molecule has 3 N–H and O–H groups in total. The van der Waals surface area contributed by atoms with Crippen molar-refractivity contribution in [2.24, 2.45) is 5.41 Å². The van der Waals surface area contributed by atoms with Crippen LogP contribution in [0.3, 0.4) is 0 Å². The third kappa shape index (κ3) is 5.38. The second-order valence-corrected chi connectivity index (χ2v) is 7.53. The highest BCUT2D eigenvalue weighted by Gasteiger charge is 2.18. The highest BCUT2D eigenvalue weighted by Crippen LogP contribution is 2.28. The lowest BCUT2D eigenvalue weighted by atomic mass is 9.94. The minimum absolute atomic E-state index is 0.0278. The van der Waals surface area contributed by atoms with E-state index in [1.54, 1.807) is 18.2 Å². The maximum atomic E-state index is 12.0. The van der Waals surface area contributed by atoms with Crippen molar-refractivity contribution in [3.63, 3.8) is 0 Å². The molecule has 0 amide bonds. The van der Waals surface area contributed by atoms with Crippen LogP contribution in [-0.4, -0.2) is 21.3 Å². The number of hydrogen-bond donors (Lipinski definition) is 2. The van der Waals surface area contributed by atoms with E-state index in [-0.39, 0.29) is 11.2 Å². The molecule has 0 aliphatic carbocycles. The normalized spacial score (nSPS) is 12.2. The molecule has 0 spiro atoms. The van der Waals surface area contributed by atoms with Gasteiger partial charge < -0.3 is 10.5 Å². The van der Waals surface area contributed by atoms with Crippen LogP contribution < -0.4 is 15.2 Å². The van der Waals surface area contributed by atoms with Crippen LogP contribution in [0.15, 0.2) is 18.2 Å². The smallest absolute Gasteiger partial charge is 0.232 e. The summed E-state index contributed by atoms with van der Waals surface area (Å²) in [7, 11) is -1.91. The Balaban J connectivity index is 2.84. The third-order valence-electron chi connectivity index (χ3n) is 2.61. The Morgan fingerprint density at radius 1 is 1.32 bits per heavy atom. The zero-order valence-electron chi connectivity index (χ0n) is 11.9. The molecule has 0 bridgehead atoms. The first kappa shape index (κ1) is 15.6. The lowest BCUT2D eigenvalue weighted by molar-refractivity contribution is 0.397. The van der Waals surface area contributed by atoms with E-state index in [0.29, 0.717) is 23.5 Å². The maximum Gasteiger partial charge on any atom is 0.232 e. The van der Waals surface area contributed by atoms with Gasteiger partial charge in [-0.05, 0) is 24.0 Å². The molecule has 0 saturated heterocycles. The van der Waals surface area contributed by atoms with Crippen molar-refractivity contribution >= 4 is 21.4 Å². The minimum atomic E-state index is -3.38. The standard InChI is InChI=1S/C13H22N2O3S/c1-13(2,3)7-8-19(16,17)15-11-6-5-10(14)9-12(11)18-4/h5-6,9,15H,7-8,14H2,1-4H3. The lowest BCUT2D eigenvalue weighted by Crippen LogP contribution is -2.21. The van der Waals surface area contributed by atoms with Crippen molar-refractivity contribution in [2.45, 2.75) is 27.2 Å². The summed E-state index contributed by atoms with van der Waals surface area (Å²) >= 11 is 0. The quantitative estimate of drug-likeness (QED) is 0.815. The summed E-state index contributed by atoms with van der Waals surface area (Å²) in [6.07, 6.45) is 0.583. The molecule has 1 rings (SSSR count). The summed E-state index contributed by atoms with van der Waals surface area (Å²) in [6, 6.07) is 4.81. The molecule has 0 fully saturated rings. The van der Waals surface area contributed by atoms with E-state index < -0.39 is 10.0 Å². The Kier molecular flexibility index (Phi) is 4.68. The Hall–Kier alpha value is -1.43. The van der Waals surface area contributed by atoms with Gasteiger partial charge in [-0.2, -0.15) is 0 Å². The van der Waals surface area contributed by atoms with Crippen LogP contribution in [0.1, 0.15) is 27.2 Å². The molecule has 5 nitrogen and oxygen atoms in total. The number of rotatable bonds is 5. The largest absolute Gasteiger partial charge is 0.494 e. The second-order valence-electron chi connectivity index (χ2n) is 5.69. The van der Waals surface area contributed by atoms with Gasteiger partial charge >= 0.3 is 0 Å². The van der Waals surface area contributed by atoms with Gasteiger partial charge in [0.05, 0.1) is 18.6 Å². The summed E-state index contributed by atoms with van der Waals surface area (Å²) in [5.41, 5.74) is 6.53. The summed E-state index contributed by atoms with van der Waals surface area (Å²) in [6.45, 7) is 6.02. The average Bonchev–Trinajstić information content (AvgIpc) is 2.28. The van der Waals surface area contributed by atoms with Gasteiger partial charge in [0.25, 0.3) is 0 Å². The Morgan fingerprint density at radius 2 is 1.95 bits per heavy atom. The van der Waals surface area contributed by atoms with Gasteiger partial charge in [-0.3, -0.25) is 4.72 Å². The van der Waals surface area contributed by atoms with E-state index in [2.05, 4.69) is 4.72 Å². The molecule has 0 aliphatic rings. The summed E-state index contributed by atoms with van der Waals surface area (Å²) < 4.78 is 31.6. The molecule has 0 radical (unpaired) electrons. The molecule has 0 unspecified atom stereocenters. The van der Waals surface area contributed by atoms with Crippen LogP contribution in [0, 0.1) is 5.41 Å². The number of benzene rings is 1. The molecule has 0 saturated carbocycles. The van der Waals surface area contributed by atoms with E-state index in [1.165, 1.54) is 7.11 Å². The van der Waals surface area contributed by atoms with E-state index in [1.807, 2.05) is 20.8 Å². The van der Waals surface area contributed by atoms with Gasteiger partial charge in [0.1, 0.15) is 5.75 Å². The van der Waals surface area contributed by atoms with Crippen molar-refractivity contribution < 1.29 is 13.2 Å². The molecule has 0 atom stereocenters. The second kappa shape index (κ2) is 5.69. The maximum absolute atomic E-state index is 12.0. The zero-order chi connectivity index (χ0) is 14.7. The number of nitrogen functional groups attached to an aromatic ring is 1. The third-order valence-corrected chi connectivity index (χ3v) is 3.88. The number of nitrogens with two attached hydrogens (primary N) is 1. The van der Waals surface area contributed by atoms with Crippen LogP contribution in [0.2, 0.25) is 0 Å². The summed E-state index contributed by atoms with van der Waals surface area (Å²) in [5, 5.41) is 0. The van der Waals surface area contributed by atoms with Crippen LogP contribution in [-0.2, 0) is 10.0 Å². The van der Waals surface area contributed by atoms with Crippen molar-refractivity contribution in [1.29, 1.82) is 0 Å². The van der Waals surface area contributed by atoms with Crippen molar-refractivity contribution in [3.8, 4) is 5.75 Å². The van der Waals surface area contributed by atoms with Crippen LogP contribution in [0.4, 0.5) is 11.4 Å². The number of ether oxygens (including phenoxy) is 1. The predicted molar refractivity (Wildman–Crippen MR) is 78.9 cm³/mol. The van der Waals surface area contributed by atoms with Crippen molar-refractivity contribution in [1.82, 2.24) is 0 Å². The number of nitrogens with one attached hydrogen (secondary N) is 1. The molecular weight excluding hydrogens is 264 g/mol. The lowest BCUT2D eigenvalue weighted by Gasteiger charge is -2.18. The molecule has 0 aliphatic heterocycles. The summed E-state index contributed by atoms with van der Waals surface area (Å²) in [4.78, 5) is 0. The monoisotopic (exact) mass is 286 g/mol. The highest BCUT2D eigenvalue weighted by molar-refractivity contribution is 7.92. The number of methoxy groups -OCH3 is 1. The first-order chi connectivity index (χ1) is 8.63. The van der Waals surface area contributed by atoms with Gasteiger partial charge in [-0.1, -0.05) is 20.8 Å². The van der Waals surface area contributed by atoms with Crippen molar-refractivity contribution in [2.75, 3.05) is 23.3 Å². The van der Waals surface area contributed by atoms with Gasteiger partial charge in [0.15, 0.2) is 0 Å². The van der Waals surface area contributed by atoms with E-state index in [0.717, 1.165) is 0 Å². The van der Waals surface area contributed by atoms with E-state index >= 15 is 0 Å². The molecule has 0 aromatic heterocycles. The van der Waals surface area contributed by atoms with Crippen LogP contribution in [0.25, 0.3) is 0 Å². The average molecular weight is 286 g/mol. The fourth-order valence-corrected chi connectivity index (χ4v) is 2.94. The highest BCUT2D eigenvalue weighted by atomic mass is 32.2. The minimum Gasteiger partial charge on any atom is -0.494 e. The van der Waals surface area contributed by atoms with Crippen molar-refractivity contribution in [3.05, 3.63) is 18.2 Å². The Bertz CT molecular complexity index is 533. The summed E-state index contributed by atoms with van der Waals surface area (Å²) in [5.74, 6) is 0.489. The van der Waals surface area contributed by atoms with Crippen LogP contribution >= 0.6 is 0 Å². The molecule has 0 heterocycles. The predicted octanol–water partition coefficient (Wildman–Crippen LogP) is 2.46. The molecular formula is C13H22N2O3S. The van der Waals surface area contributed by atoms with Gasteiger partial charge in [-0.25, -0.2) is 8.42 Å². The zero-order valence-corrected chi connectivity index (χ0v) is 12.7. The molecule has 1 aromatic rings. The molecule has 6 heteroatoms. The van der Waals surface area contributed by atoms with Gasteiger partial charge in [0.2, 0.25) is 10.0 Å². The molecule has 1 aromatic carbocycles.